The summed E-state index contributed by atoms with van der Waals surface area (Å²) in [6, 6.07) is 2.54. The monoisotopic (exact) mass is 394 g/mol. The largest absolute Gasteiger partial charge is 0.495 e. The molecular weight excluding hydrogens is 371 g/mol. The maximum atomic E-state index is 12.8. The van der Waals surface area contributed by atoms with Gasteiger partial charge in [0.1, 0.15) is 10.6 Å². The summed E-state index contributed by atoms with van der Waals surface area (Å²) in [6.07, 6.45) is 1.36. The molecule has 1 heterocycles. The Morgan fingerprint density at radius 3 is 2.17 bits per heavy atom. The Kier molecular flexibility index (Phi) is 5.48. The molecule has 1 aliphatic heterocycles. The summed E-state index contributed by atoms with van der Waals surface area (Å²) >= 11 is 12.1. The number of rotatable bonds is 4. The molecule has 0 radical (unpaired) electrons. The van der Waals surface area contributed by atoms with Gasteiger partial charge in [0.25, 0.3) is 0 Å². The van der Waals surface area contributed by atoms with Crippen molar-refractivity contribution in [3.63, 3.8) is 0 Å². The topological polar surface area (TPSA) is 67.4 Å². The van der Waals surface area contributed by atoms with Gasteiger partial charge in [-0.25, -0.2) is 13.1 Å². The maximum Gasteiger partial charge on any atom is 0.242 e. The third-order valence-electron chi connectivity index (χ3n) is 4.01. The van der Waals surface area contributed by atoms with Crippen LogP contribution in [0.5, 0.6) is 5.75 Å². The highest BCUT2D eigenvalue weighted by atomic mass is 35.5. The first-order chi connectivity index (χ1) is 10.9. The van der Waals surface area contributed by atoms with E-state index in [9.17, 15) is 8.42 Å². The zero-order chi connectivity index (χ0) is 18.3. The van der Waals surface area contributed by atoms with Crippen LogP contribution >= 0.6 is 23.2 Å². The average molecular weight is 395 g/mol. The van der Waals surface area contributed by atoms with Crippen LogP contribution in [-0.4, -0.2) is 32.6 Å². The van der Waals surface area contributed by atoms with Gasteiger partial charge in [-0.3, -0.25) is 0 Å². The highest BCUT2D eigenvalue weighted by Crippen LogP contribution is 2.34. The Balaban J connectivity index is 2.32. The predicted octanol–water partition coefficient (Wildman–Crippen LogP) is 3.59. The van der Waals surface area contributed by atoms with Crippen LogP contribution in [-0.2, 0) is 10.0 Å². The van der Waals surface area contributed by atoms with Crippen LogP contribution < -0.4 is 14.8 Å². The summed E-state index contributed by atoms with van der Waals surface area (Å²) in [4.78, 5) is -0.0282. The number of benzene rings is 1. The van der Waals surface area contributed by atoms with Crippen LogP contribution in [0.1, 0.15) is 40.5 Å². The average Bonchev–Trinajstić information content (AvgIpc) is 2.33. The standard InChI is InChI=1S/C16H24Cl2N2O3S/c1-15(2)8-10(9-16(3,4)20-15)19-24(21,22)14-7-13(23-5)11(17)6-12(14)18/h6-7,10,19-20H,8-9H2,1-5H3. The van der Waals surface area contributed by atoms with Crippen molar-refractivity contribution in [2.75, 3.05) is 7.11 Å². The van der Waals surface area contributed by atoms with Gasteiger partial charge in [-0.05, 0) is 46.6 Å². The van der Waals surface area contributed by atoms with E-state index in [1.807, 2.05) is 0 Å². The molecule has 0 atom stereocenters. The minimum absolute atomic E-state index is 0.0282. The molecule has 0 amide bonds. The van der Waals surface area contributed by atoms with Gasteiger partial charge in [0, 0.05) is 23.2 Å². The molecule has 0 bridgehead atoms. The molecule has 5 nitrogen and oxygen atoms in total. The van der Waals surface area contributed by atoms with Crippen molar-refractivity contribution >= 4 is 33.2 Å². The summed E-state index contributed by atoms with van der Waals surface area (Å²) in [5.74, 6) is 0.271. The first-order valence-electron chi connectivity index (χ1n) is 7.70. The molecule has 8 heteroatoms. The fraction of sp³-hybridized carbons (Fsp3) is 0.625. The summed E-state index contributed by atoms with van der Waals surface area (Å²) in [5.41, 5.74) is -0.340. The molecule has 2 N–H and O–H groups in total. The van der Waals surface area contributed by atoms with Crippen molar-refractivity contribution in [2.45, 2.75) is 62.6 Å². The zero-order valence-electron chi connectivity index (χ0n) is 14.5. The van der Waals surface area contributed by atoms with Crippen LogP contribution in [0.2, 0.25) is 10.0 Å². The Hall–Kier alpha value is -0.530. The molecule has 24 heavy (non-hydrogen) atoms. The Morgan fingerprint density at radius 2 is 1.67 bits per heavy atom. The van der Waals surface area contributed by atoms with Gasteiger partial charge in [-0.15, -0.1) is 0 Å². The second-order valence-corrected chi connectivity index (χ2v) is 10.0. The molecule has 1 aromatic carbocycles. The summed E-state index contributed by atoms with van der Waals surface area (Å²) in [5, 5.41) is 3.87. The molecule has 1 aliphatic rings. The van der Waals surface area contributed by atoms with Crippen molar-refractivity contribution in [3.05, 3.63) is 22.2 Å². The number of ether oxygens (including phenoxy) is 1. The molecule has 2 rings (SSSR count). The van der Waals surface area contributed by atoms with Crippen molar-refractivity contribution < 1.29 is 13.2 Å². The van der Waals surface area contributed by atoms with E-state index >= 15 is 0 Å². The highest BCUT2D eigenvalue weighted by molar-refractivity contribution is 7.89. The number of hydrogen-bond donors (Lipinski definition) is 2. The van der Waals surface area contributed by atoms with E-state index in [-0.39, 0.29) is 37.8 Å². The number of sulfonamides is 1. The van der Waals surface area contributed by atoms with Crippen molar-refractivity contribution in [3.8, 4) is 5.75 Å². The van der Waals surface area contributed by atoms with Crippen LogP contribution in [0, 0.1) is 0 Å². The predicted molar refractivity (Wildman–Crippen MR) is 97.7 cm³/mol. The number of piperidine rings is 1. The number of nitrogens with one attached hydrogen (secondary N) is 2. The lowest BCUT2D eigenvalue weighted by Gasteiger charge is -2.46. The van der Waals surface area contributed by atoms with Gasteiger partial charge in [0.2, 0.25) is 10.0 Å². The molecule has 1 aromatic rings. The Morgan fingerprint density at radius 1 is 1.12 bits per heavy atom. The lowest BCUT2D eigenvalue weighted by atomic mass is 9.80. The Labute approximate surface area is 154 Å². The molecule has 0 unspecified atom stereocenters. The molecule has 1 fully saturated rings. The van der Waals surface area contributed by atoms with Crippen LogP contribution in [0.15, 0.2) is 17.0 Å². The quantitative estimate of drug-likeness (QED) is 0.818. The van der Waals surface area contributed by atoms with E-state index in [4.69, 9.17) is 27.9 Å². The van der Waals surface area contributed by atoms with Gasteiger partial charge >= 0.3 is 0 Å². The van der Waals surface area contributed by atoms with Crippen molar-refractivity contribution in [2.24, 2.45) is 0 Å². The normalized spacial score (nSPS) is 20.8. The minimum atomic E-state index is -3.79. The lowest BCUT2D eigenvalue weighted by Crippen LogP contribution is -2.62. The van der Waals surface area contributed by atoms with Crippen LogP contribution in [0.3, 0.4) is 0 Å². The number of hydrogen-bond acceptors (Lipinski definition) is 4. The number of halogens is 2. The van der Waals surface area contributed by atoms with Crippen LogP contribution in [0.25, 0.3) is 0 Å². The number of methoxy groups -OCH3 is 1. The fourth-order valence-electron chi connectivity index (χ4n) is 3.56. The molecule has 0 aliphatic carbocycles. The highest BCUT2D eigenvalue weighted by Gasteiger charge is 2.39. The van der Waals surface area contributed by atoms with E-state index in [1.165, 1.54) is 19.2 Å². The van der Waals surface area contributed by atoms with Gasteiger partial charge in [-0.1, -0.05) is 23.2 Å². The summed E-state index contributed by atoms with van der Waals surface area (Å²) in [6.45, 7) is 8.25. The maximum absolute atomic E-state index is 12.8. The molecule has 0 spiro atoms. The van der Waals surface area contributed by atoms with Gasteiger partial charge in [-0.2, -0.15) is 0 Å². The van der Waals surface area contributed by atoms with Gasteiger partial charge < -0.3 is 10.1 Å². The third kappa shape index (κ3) is 4.55. The molecular formula is C16H24Cl2N2O3S. The molecule has 0 aromatic heterocycles. The molecule has 1 saturated heterocycles. The smallest absolute Gasteiger partial charge is 0.242 e. The van der Waals surface area contributed by atoms with Gasteiger partial charge in [0.15, 0.2) is 0 Å². The fourth-order valence-corrected chi connectivity index (χ4v) is 5.64. The van der Waals surface area contributed by atoms with Crippen molar-refractivity contribution in [1.29, 1.82) is 0 Å². The van der Waals surface area contributed by atoms with Crippen molar-refractivity contribution in [1.82, 2.24) is 10.0 Å². The summed E-state index contributed by atoms with van der Waals surface area (Å²) in [7, 11) is -2.36. The Bertz CT molecular complexity index is 717. The van der Waals surface area contributed by atoms with Gasteiger partial charge in [0.05, 0.1) is 17.2 Å². The second kappa shape index (κ2) is 6.65. The van der Waals surface area contributed by atoms with E-state index in [0.29, 0.717) is 12.8 Å². The van der Waals surface area contributed by atoms with Crippen LogP contribution in [0.4, 0.5) is 0 Å². The van der Waals surface area contributed by atoms with E-state index < -0.39 is 10.0 Å². The molecule has 136 valence electrons. The summed E-state index contributed by atoms with van der Waals surface area (Å²) < 4.78 is 33.5. The molecule has 0 saturated carbocycles. The zero-order valence-corrected chi connectivity index (χ0v) is 16.9. The van der Waals surface area contributed by atoms with E-state index in [1.54, 1.807) is 0 Å². The third-order valence-corrected chi connectivity index (χ3v) is 6.29. The lowest BCUT2D eigenvalue weighted by molar-refractivity contribution is 0.157. The van der Waals surface area contributed by atoms with E-state index in [2.05, 4.69) is 37.7 Å². The first kappa shape index (κ1) is 19.8. The minimum Gasteiger partial charge on any atom is -0.495 e. The van der Waals surface area contributed by atoms with E-state index in [0.717, 1.165) is 0 Å². The first-order valence-corrected chi connectivity index (χ1v) is 9.94. The SMILES string of the molecule is COc1cc(S(=O)(=O)NC2CC(C)(C)NC(C)(C)C2)c(Cl)cc1Cl. The second-order valence-electron chi connectivity index (χ2n) is 7.54.